The monoisotopic (exact) mass is 244 g/mol. The molecule has 3 heteroatoms. The normalized spacial score (nSPS) is 9.61. The van der Waals surface area contributed by atoms with E-state index >= 15 is 0 Å². The van der Waals surface area contributed by atoms with Crippen molar-refractivity contribution in [1.29, 1.82) is 0 Å². The van der Waals surface area contributed by atoms with Crippen LogP contribution in [-0.4, -0.2) is 24.0 Å². The van der Waals surface area contributed by atoms with Crippen LogP contribution < -0.4 is 5.32 Å². The van der Waals surface area contributed by atoms with Gasteiger partial charge < -0.3 is 10.2 Å². The molecule has 0 saturated heterocycles. The maximum absolute atomic E-state index is 11.9. The van der Waals surface area contributed by atoms with Gasteiger partial charge in [-0.15, -0.1) is 13.2 Å². The van der Waals surface area contributed by atoms with Crippen LogP contribution in [0.15, 0.2) is 49.6 Å². The van der Waals surface area contributed by atoms with Crippen molar-refractivity contribution in [3.8, 4) is 0 Å². The van der Waals surface area contributed by atoms with E-state index in [2.05, 4.69) is 24.5 Å². The Labute approximate surface area is 109 Å². The predicted octanol–water partition coefficient (Wildman–Crippen LogP) is 2.88. The van der Waals surface area contributed by atoms with Crippen LogP contribution in [0, 0.1) is 6.92 Å². The second-order valence-corrected chi connectivity index (χ2v) is 4.13. The third-order valence-corrected chi connectivity index (χ3v) is 2.51. The highest BCUT2D eigenvalue weighted by atomic mass is 16.2. The van der Waals surface area contributed by atoms with E-state index in [1.807, 2.05) is 25.1 Å². The Morgan fingerprint density at radius 3 is 2.56 bits per heavy atom. The maximum Gasteiger partial charge on any atom is 0.318 e. The van der Waals surface area contributed by atoms with Crippen LogP contribution in [-0.2, 0) is 6.54 Å². The SMILES string of the molecule is C=CCN(CC=C)C(=O)NCc1cccc(C)c1. The molecule has 0 atom stereocenters. The number of nitrogens with one attached hydrogen (secondary N) is 1. The van der Waals surface area contributed by atoms with Crippen LogP contribution in [0.5, 0.6) is 0 Å². The van der Waals surface area contributed by atoms with Gasteiger partial charge in [0.2, 0.25) is 0 Å². The van der Waals surface area contributed by atoms with E-state index in [9.17, 15) is 4.79 Å². The molecule has 96 valence electrons. The zero-order chi connectivity index (χ0) is 13.4. The molecule has 0 spiro atoms. The smallest absolute Gasteiger partial charge is 0.318 e. The first kappa shape index (κ1) is 14.0. The molecule has 1 N–H and O–H groups in total. The molecule has 0 saturated carbocycles. The van der Waals surface area contributed by atoms with E-state index in [4.69, 9.17) is 0 Å². The van der Waals surface area contributed by atoms with Crippen molar-refractivity contribution in [3.05, 3.63) is 60.7 Å². The highest BCUT2D eigenvalue weighted by Gasteiger charge is 2.09. The van der Waals surface area contributed by atoms with Gasteiger partial charge in [0.15, 0.2) is 0 Å². The Hall–Kier alpha value is -2.03. The second-order valence-electron chi connectivity index (χ2n) is 4.13. The summed E-state index contributed by atoms with van der Waals surface area (Å²) < 4.78 is 0. The van der Waals surface area contributed by atoms with E-state index in [0.717, 1.165) is 5.56 Å². The minimum absolute atomic E-state index is 0.101. The summed E-state index contributed by atoms with van der Waals surface area (Å²) in [6.07, 6.45) is 3.41. The summed E-state index contributed by atoms with van der Waals surface area (Å²) in [5.74, 6) is 0. The van der Waals surface area contributed by atoms with Crippen LogP contribution in [0.25, 0.3) is 0 Å². The number of urea groups is 1. The number of carbonyl (C=O) groups is 1. The molecule has 1 aromatic carbocycles. The van der Waals surface area contributed by atoms with Crippen LogP contribution in [0.3, 0.4) is 0 Å². The van der Waals surface area contributed by atoms with Gasteiger partial charge >= 0.3 is 6.03 Å². The summed E-state index contributed by atoms with van der Waals surface area (Å²) in [7, 11) is 0. The Morgan fingerprint density at radius 1 is 1.33 bits per heavy atom. The molecule has 0 heterocycles. The average Bonchev–Trinajstić information content (AvgIpc) is 2.36. The quantitative estimate of drug-likeness (QED) is 0.767. The number of hydrogen-bond donors (Lipinski definition) is 1. The second kappa shape index (κ2) is 7.33. The molecule has 18 heavy (non-hydrogen) atoms. The minimum atomic E-state index is -0.101. The molecule has 3 nitrogen and oxygen atoms in total. The first-order valence-electron chi connectivity index (χ1n) is 5.97. The van der Waals surface area contributed by atoms with Crippen molar-refractivity contribution >= 4 is 6.03 Å². The summed E-state index contributed by atoms with van der Waals surface area (Å²) in [4.78, 5) is 13.5. The van der Waals surface area contributed by atoms with Crippen LogP contribution in [0.4, 0.5) is 4.79 Å². The fraction of sp³-hybridized carbons (Fsp3) is 0.267. The molecular weight excluding hydrogens is 224 g/mol. The number of amides is 2. The van der Waals surface area contributed by atoms with E-state index < -0.39 is 0 Å². The molecule has 1 aromatic rings. The molecule has 1 rings (SSSR count). The van der Waals surface area contributed by atoms with E-state index in [1.54, 1.807) is 17.1 Å². The Kier molecular flexibility index (Phi) is 5.71. The van der Waals surface area contributed by atoms with Crippen LogP contribution in [0.2, 0.25) is 0 Å². The number of rotatable bonds is 6. The average molecular weight is 244 g/mol. The minimum Gasteiger partial charge on any atom is -0.334 e. The molecule has 0 fully saturated rings. The van der Waals surface area contributed by atoms with Gasteiger partial charge in [0, 0.05) is 19.6 Å². The first-order valence-corrected chi connectivity index (χ1v) is 5.97. The van der Waals surface area contributed by atoms with Crippen molar-refractivity contribution in [3.63, 3.8) is 0 Å². The van der Waals surface area contributed by atoms with Gasteiger partial charge in [-0.05, 0) is 12.5 Å². The largest absolute Gasteiger partial charge is 0.334 e. The zero-order valence-electron chi connectivity index (χ0n) is 10.9. The van der Waals surface area contributed by atoms with E-state index in [1.165, 1.54) is 5.56 Å². The topological polar surface area (TPSA) is 32.3 Å². The molecule has 2 amide bonds. The molecule has 0 aliphatic carbocycles. The van der Waals surface area contributed by atoms with E-state index in [-0.39, 0.29) is 6.03 Å². The lowest BCUT2D eigenvalue weighted by Crippen LogP contribution is -2.39. The molecule has 0 aliphatic rings. The fourth-order valence-corrected chi connectivity index (χ4v) is 1.66. The summed E-state index contributed by atoms with van der Waals surface area (Å²) in [5.41, 5.74) is 2.29. The maximum atomic E-state index is 11.9. The Balaban J connectivity index is 2.53. The first-order chi connectivity index (χ1) is 8.67. The summed E-state index contributed by atoms with van der Waals surface area (Å²) in [6.45, 7) is 10.9. The van der Waals surface area contributed by atoms with Crippen molar-refractivity contribution in [2.24, 2.45) is 0 Å². The summed E-state index contributed by atoms with van der Waals surface area (Å²) >= 11 is 0. The third kappa shape index (κ3) is 4.45. The van der Waals surface area contributed by atoms with Gasteiger partial charge in [0.1, 0.15) is 0 Å². The van der Waals surface area contributed by atoms with Gasteiger partial charge in [0.05, 0.1) is 0 Å². The van der Waals surface area contributed by atoms with E-state index in [0.29, 0.717) is 19.6 Å². The Bertz CT molecular complexity index is 416. The molecule has 0 aromatic heterocycles. The summed E-state index contributed by atoms with van der Waals surface area (Å²) in [5, 5.41) is 2.89. The van der Waals surface area contributed by atoms with Gasteiger partial charge in [0.25, 0.3) is 0 Å². The van der Waals surface area contributed by atoms with Crippen molar-refractivity contribution in [1.82, 2.24) is 10.2 Å². The lowest BCUT2D eigenvalue weighted by molar-refractivity contribution is 0.208. The number of benzene rings is 1. The fourth-order valence-electron chi connectivity index (χ4n) is 1.66. The molecule has 0 radical (unpaired) electrons. The number of hydrogen-bond acceptors (Lipinski definition) is 1. The Morgan fingerprint density at radius 2 is 2.00 bits per heavy atom. The van der Waals surface area contributed by atoms with Gasteiger partial charge in [-0.25, -0.2) is 4.79 Å². The van der Waals surface area contributed by atoms with Crippen molar-refractivity contribution in [2.45, 2.75) is 13.5 Å². The highest BCUT2D eigenvalue weighted by Crippen LogP contribution is 2.03. The predicted molar refractivity (Wildman–Crippen MR) is 75.4 cm³/mol. The van der Waals surface area contributed by atoms with Gasteiger partial charge in [-0.3, -0.25) is 0 Å². The van der Waals surface area contributed by atoms with Crippen molar-refractivity contribution in [2.75, 3.05) is 13.1 Å². The molecular formula is C15H20N2O. The lowest BCUT2D eigenvalue weighted by Gasteiger charge is -2.19. The van der Waals surface area contributed by atoms with Crippen LogP contribution >= 0.6 is 0 Å². The highest BCUT2D eigenvalue weighted by molar-refractivity contribution is 5.74. The van der Waals surface area contributed by atoms with Gasteiger partial charge in [-0.1, -0.05) is 42.0 Å². The standard InChI is InChI=1S/C15H20N2O/c1-4-9-17(10-5-2)15(18)16-12-14-8-6-7-13(3)11-14/h4-8,11H,1-2,9-10,12H2,3H3,(H,16,18). The number of aryl methyl sites for hydroxylation is 1. The molecule has 0 unspecified atom stereocenters. The number of carbonyl (C=O) groups excluding carboxylic acids is 1. The molecule has 0 aliphatic heterocycles. The van der Waals surface area contributed by atoms with Crippen molar-refractivity contribution < 1.29 is 4.79 Å². The third-order valence-electron chi connectivity index (χ3n) is 2.51. The lowest BCUT2D eigenvalue weighted by atomic mass is 10.1. The summed E-state index contributed by atoms with van der Waals surface area (Å²) in [6, 6.07) is 7.98. The van der Waals surface area contributed by atoms with Crippen LogP contribution in [0.1, 0.15) is 11.1 Å². The number of nitrogens with zero attached hydrogens (tertiary/aromatic N) is 1. The van der Waals surface area contributed by atoms with Gasteiger partial charge in [-0.2, -0.15) is 0 Å². The molecule has 0 bridgehead atoms. The zero-order valence-corrected chi connectivity index (χ0v) is 10.9.